The summed E-state index contributed by atoms with van der Waals surface area (Å²) in [5, 5.41) is 18.2. The van der Waals surface area contributed by atoms with Crippen molar-refractivity contribution in [1.29, 1.82) is 0 Å². The number of carbonyl (C=O) groups excluding carboxylic acids is 1. The Labute approximate surface area is 97.3 Å². The van der Waals surface area contributed by atoms with Crippen LogP contribution >= 0.6 is 0 Å². The van der Waals surface area contributed by atoms with Crippen molar-refractivity contribution < 1.29 is 29.2 Å². The number of ether oxygens (including phenoxy) is 3. The lowest BCUT2D eigenvalue weighted by atomic mass is 10.1. The van der Waals surface area contributed by atoms with E-state index in [0.29, 0.717) is 5.56 Å². The third-order valence-corrected chi connectivity index (χ3v) is 2.45. The Hall–Kier alpha value is -1.79. The van der Waals surface area contributed by atoms with E-state index in [1.165, 1.54) is 13.2 Å². The largest absolute Gasteiger partial charge is 0.504 e. The molecule has 0 spiro atoms. The van der Waals surface area contributed by atoms with Crippen LogP contribution in [0.2, 0.25) is 0 Å². The first kappa shape index (κ1) is 11.7. The lowest BCUT2D eigenvalue weighted by Crippen LogP contribution is -2.42. The van der Waals surface area contributed by atoms with E-state index in [-0.39, 0.29) is 17.9 Å². The average Bonchev–Trinajstić information content (AvgIpc) is 2.69. The molecule has 0 saturated heterocycles. The van der Waals surface area contributed by atoms with Gasteiger partial charge >= 0.3 is 11.9 Å². The van der Waals surface area contributed by atoms with Gasteiger partial charge in [-0.3, -0.25) is 0 Å². The van der Waals surface area contributed by atoms with Crippen LogP contribution in [0, 0.1) is 0 Å². The summed E-state index contributed by atoms with van der Waals surface area (Å²) in [6, 6.07) is 4.83. The maximum absolute atomic E-state index is 11.1. The molecular weight excluding hydrogens is 228 g/mol. The molecular formula is C11H12O6. The summed E-state index contributed by atoms with van der Waals surface area (Å²) in [5.41, 5.74) is 0.664. The zero-order valence-corrected chi connectivity index (χ0v) is 9.17. The second kappa shape index (κ2) is 4.23. The highest BCUT2D eigenvalue weighted by Gasteiger charge is 2.45. The third-order valence-electron chi connectivity index (χ3n) is 2.45. The summed E-state index contributed by atoms with van der Waals surface area (Å²) in [6.07, 6.45) is 0.152. The minimum Gasteiger partial charge on any atom is -0.504 e. The number of methoxy groups -OCH3 is 1. The number of hydrogen-bond donors (Lipinski definition) is 2. The van der Waals surface area contributed by atoms with Crippen molar-refractivity contribution in [1.82, 2.24) is 0 Å². The van der Waals surface area contributed by atoms with Gasteiger partial charge in [0.05, 0.1) is 6.42 Å². The fourth-order valence-electron chi connectivity index (χ4n) is 1.67. The number of fused-ring (bicyclic) bond motifs is 1. The smallest absolute Gasteiger partial charge is 0.378 e. The summed E-state index contributed by atoms with van der Waals surface area (Å²) in [5.74, 6) is -2.30. The van der Waals surface area contributed by atoms with Gasteiger partial charge in [0.2, 0.25) is 0 Å². The van der Waals surface area contributed by atoms with Crippen molar-refractivity contribution in [2.45, 2.75) is 12.4 Å². The monoisotopic (exact) mass is 240 g/mol. The predicted molar refractivity (Wildman–Crippen MR) is 55.4 cm³/mol. The molecule has 1 aromatic rings. The first-order valence-electron chi connectivity index (χ1n) is 4.98. The first-order chi connectivity index (χ1) is 8.10. The van der Waals surface area contributed by atoms with Crippen LogP contribution < -0.4 is 4.74 Å². The van der Waals surface area contributed by atoms with Gasteiger partial charge in [0.25, 0.3) is 0 Å². The highest BCUT2D eigenvalue weighted by Crippen LogP contribution is 2.42. The number of aliphatic hydroxyl groups is 1. The van der Waals surface area contributed by atoms with E-state index in [9.17, 15) is 9.90 Å². The summed E-state index contributed by atoms with van der Waals surface area (Å²) >= 11 is 0. The maximum atomic E-state index is 11.1. The number of rotatable bonds is 3. The average molecular weight is 240 g/mol. The fourth-order valence-corrected chi connectivity index (χ4v) is 1.67. The Morgan fingerprint density at radius 2 is 2.35 bits per heavy atom. The minimum absolute atomic E-state index is 0.0542. The van der Waals surface area contributed by atoms with Gasteiger partial charge in [0.15, 0.2) is 11.5 Å². The molecule has 0 amide bonds. The Morgan fingerprint density at radius 1 is 1.59 bits per heavy atom. The third kappa shape index (κ3) is 2.04. The molecule has 6 nitrogen and oxygen atoms in total. The van der Waals surface area contributed by atoms with E-state index in [2.05, 4.69) is 0 Å². The van der Waals surface area contributed by atoms with Crippen molar-refractivity contribution in [2.75, 3.05) is 13.7 Å². The Kier molecular flexibility index (Phi) is 2.91. The number of phenols is 1. The lowest BCUT2D eigenvalue weighted by Gasteiger charge is -2.25. The molecule has 17 heavy (non-hydrogen) atoms. The van der Waals surface area contributed by atoms with Crippen molar-refractivity contribution in [3.05, 3.63) is 23.8 Å². The van der Waals surface area contributed by atoms with Crippen molar-refractivity contribution in [2.24, 2.45) is 0 Å². The number of hydrogen-bond acceptors (Lipinski definition) is 6. The van der Waals surface area contributed by atoms with E-state index in [1.807, 2.05) is 0 Å². The predicted octanol–water partition coefficient (Wildman–Crippen LogP) is 0.163. The van der Waals surface area contributed by atoms with E-state index in [0.717, 1.165) is 0 Å². The molecule has 1 aliphatic rings. The van der Waals surface area contributed by atoms with Gasteiger partial charge in [0.1, 0.15) is 6.61 Å². The molecule has 92 valence electrons. The summed E-state index contributed by atoms with van der Waals surface area (Å²) in [4.78, 5) is 11.1. The number of esters is 1. The standard InChI is InChI=1S/C11H12O6/c1-15-11(16-9(14)6-12)5-7-3-2-4-8(13)10(7)17-11/h2-4,12-13H,5-6H2,1H3. The van der Waals surface area contributed by atoms with Crippen LogP contribution in [0.15, 0.2) is 18.2 Å². The molecule has 0 bridgehead atoms. The molecule has 0 radical (unpaired) electrons. The van der Waals surface area contributed by atoms with Crippen LogP contribution in [0.25, 0.3) is 0 Å². The zero-order valence-electron chi connectivity index (χ0n) is 9.17. The van der Waals surface area contributed by atoms with E-state index >= 15 is 0 Å². The fraction of sp³-hybridized carbons (Fsp3) is 0.364. The molecule has 2 N–H and O–H groups in total. The maximum Gasteiger partial charge on any atom is 0.378 e. The normalized spacial score (nSPS) is 21.8. The van der Waals surface area contributed by atoms with Crippen LogP contribution in [0.1, 0.15) is 5.56 Å². The molecule has 1 aromatic carbocycles. The summed E-state index contributed by atoms with van der Waals surface area (Å²) < 4.78 is 15.2. The molecule has 2 rings (SSSR count). The molecule has 6 heteroatoms. The number of aliphatic hydroxyl groups excluding tert-OH is 1. The molecule has 1 atom stereocenters. The van der Waals surface area contributed by atoms with Crippen molar-refractivity contribution in [3.63, 3.8) is 0 Å². The molecule has 1 heterocycles. The lowest BCUT2D eigenvalue weighted by molar-refractivity contribution is -0.306. The number of benzene rings is 1. The molecule has 0 saturated carbocycles. The molecule has 1 unspecified atom stereocenters. The topological polar surface area (TPSA) is 85.2 Å². The van der Waals surface area contributed by atoms with Gasteiger partial charge in [-0.25, -0.2) is 4.79 Å². The quantitative estimate of drug-likeness (QED) is 0.578. The Balaban J connectivity index is 2.26. The van der Waals surface area contributed by atoms with Gasteiger partial charge in [0, 0.05) is 12.7 Å². The molecule has 1 aliphatic heterocycles. The second-order valence-corrected chi connectivity index (χ2v) is 3.56. The van der Waals surface area contributed by atoms with Crippen LogP contribution in [0.4, 0.5) is 0 Å². The van der Waals surface area contributed by atoms with Gasteiger partial charge in [-0.2, -0.15) is 0 Å². The Morgan fingerprint density at radius 3 is 2.94 bits per heavy atom. The van der Waals surface area contributed by atoms with Crippen molar-refractivity contribution >= 4 is 5.97 Å². The molecule has 0 aromatic heterocycles. The highest BCUT2D eigenvalue weighted by molar-refractivity contribution is 5.71. The minimum atomic E-state index is -1.61. The van der Waals surface area contributed by atoms with Crippen LogP contribution in [-0.2, 0) is 20.7 Å². The summed E-state index contributed by atoms with van der Waals surface area (Å²) in [6.45, 7) is -0.767. The van der Waals surface area contributed by atoms with E-state index in [1.54, 1.807) is 12.1 Å². The first-order valence-corrected chi connectivity index (χ1v) is 4.98. The van der Waals surface area contributed by atoms with Crippen LogP contribution in [0.3, 0.4) is 0 Å². The highest BCUT2D eigenvalue weighted by atomic mass is 16.9. The van der Waals surface area contributed by atoms with Gasteiger partial charge in [-0.1, -0.05) is 12.1 Å². The number of aromatic hydroxyl groups is 1. The molecule has 0 aliphatic carbocycles. The Bertz CT molecular complexity index is 444. The van der Waals surface area contributed by atoms with Gasteiger partial charge in [-0.05, 0) is 6.07 Å². The molecule has 0 fully saturated rings. The van der Waals surface area contributed by atoms with E-state index in [4.69, 9.17) is 19.3 Å². The number of carbonyl (C=O) groups is 1. The number of phenolic OH excluding ortho intramolecular Hbond substituents is 1. The number of para-hydroxylation sites is 1. The zero-order chi connectivity index (χ0) is 12.5. The SMILES string of the molecule is COC1(OC(=O)CO)Cc2cccc(O)c2O1. The van der Waals surface area contributed by atoms with Crippen molar-refractivity contribution in [3.8, 4) is 11.5 Å². The van der Waals surface area contributed by atoms with Gasteiger partial charge in [-0.15, -0.1) is 0 Å². The van der Waals surface area contributed by atoms with Crippen LogP contribution in [-0.4, -0.2) is 35.9 Å². The van der Waals surface area contributed by atoms with E-state index < -0.39 is 18.5 Å². The second-order valence-electron chi connectivity index (χ2n) is 3.56. The van der Waals surface area contributed by atoms with Gasteiger partial charge < -0.3 is 24.4 Å². The van der Waals surface area contributed by atoms with Crippen LogP contribution in [0.5, 0.6) is 11.5 Å². The summed E-state index contributed by atoms with van der Waals surface area (Å²) in [7, 11) is 1.31.